The van der Waals surface area contributed by atoms with Crippen LogP contribution in [-0.2, 0) is 0 Å². The van der Waals surface area contributed by atoms with Crippen molar-refractivity contribution < 1.29 is 5.73 Å². The summed E-state index contributed by atoms with van der Waals surface area (Å²) in [5.74, 6) is 0. The molecule has 1 aromatic carbocycles. The van der Waals surface area contributed by atoms with Crippen molar-refractivity contribution >= 4 is 47.8 Å². The van der Waals surface area contributed by atoms with Crippen LogP contribution in [0.4, 0.5) is 5.69 Å². The Labute approximate surface area is 100.0 Å². The second-order valence-electron chi connectivity index (χ2n) is 3.80. The number of quaternary nitrogens is 1. The summed E-state index contributed by atoms with van der Waals surface area (Å²) in [6.45, 7) is 2.04. The van der Waals surface area contributed by atoms with E-state index in [1.54, 1.807) is 22.7 Å². The molecule has 0 aliphatic heterocycles. The Kier molecular flexibility index (Phi) is 2.10. The lowest BCUT2D eigenvalue weighted by molar-refractivity contribution is -0.252. The van der Waals surface area contributed by atoms with Gasteiger partial charge in [0.2, 0.25) is 5.43 Å². The van der Waals surface area contributed by atoms with Gasteiger partial charge in [0.15, 0.2) is 0 Å². The third kappa shape index (κ3) is 1.24. The van der Waals surface area contributed by atoms with Crippen LogP contribution in [0.5, 0.6) is 0 Å². The second-order valence-corrected chi connectivity index (χ2v) is 5.99. The minimum atomic E-state index is 0.124. The van der Waals surface area contributed by atoms with Crippen LogP contribution in [0.25, 0.3) is 19.5 Å². The molecule has 2 heterocycles. The van der Waals surface area contributed by atoms with E-state index in [9.17, 15) is 4.79 Å². The van der Waals surface area contributed by atoms with Gasteiger partial charge in [0.05, 0.1) is 9.40 Å². The third-order valence-electron chi connectivity index (χ3n) is 2.74. The number of benzene rings is 1. The molecule has 0 aliphatic rings. The fourth-order valence-corrected chi connectivity index (χ4v) is 4.11. The van der Waals surface area contributed by atoms with Crippen LogP contribution >= 0.6 is 22.7 Å². The van der Waals surface area contributed by atoms with Gasteiger partial charge in [-0.2, -0.15) is 0 Å². The normalized spacial score (nSPS) is 11.4. The molecule has 0 unspecified atom stereocenters. The highest BCUT2D eigenvalue weighted by Crippen LogP contribution is 2.32. The molecule has 0 spiro atoms. The first-order valence-electron chi connectivity index (χ1n) is 4.94. The maximum atomic E-state index is 12.3. The van der Waals surface area contributed by atoms with Gasteiger partial charge in [-0.3, -0.25) is 4.79 Å². The molecule has 2 nitrogen and oxygen atoms in total. The molecular formula is C12H10NOS2+. The Hall–Kier alpha value is -1.23. The van der Waals surface area contributed by atoms with Crippen LogP contribution < -0.4 is 11.2 Å². The van der Waals surface area contributed by atoms with E-state index in [-0.39, 0.29) is 5.43 Å². The molecule has 0 atom stereocenters. The van der Waals surface area contributed by atoms with Gasteiger partial charge in [-0.05, 0) is 23.9 Å². The predicted octanol–water partition coefficient (Wildman–Crippen LogP) is 2.66. The smallest absolute Gasteiger partial charge is 0.202 e. The van der Waals surface area contributed by atoms with E-state index in [0.717, 1.165) is 30.7 Å². The van der Waals surface area contributed by atoms with E-state index in [0.29, 0.717) is 0 Å². The molecule has 80 valence electrons. The number of fused-ring (bicyclic) bond motifs is 2. The average Bonchev–Trinajstić information content (AvgIpc) is 2.72. The summed E-state index contributed by atoms with van der Waals surface area (Å²) in [5.41, 5.74) is 6.06. The van der Waals surface area contributed by atoms with Gasteiger partial charge in [0, 0.05) is 10.8 Å². The van der Waals surface area contributed by atoms with Crippen LogP contribution in [0.1, 0.15) is 5.56 Å². The van der Waals surface area contributed by atoms with Gasteiger partial charge in [0.1, 0.15) is 11.1 Å². The summed E-state index contributed by atoms with van der Waals surface area (Å²) >= 11 is 3.32. The van der Waals surface area contributed by atoms with E-state index >= 15 is 0 Å². The highest BCUT2D eigenvalue weighted by atomic mass is 32.2. The molecule has 3 N–H and O–H groups in total. The summed E-state index contributed by atoms with van der Waals surface area (Å²) in [6, 6.07) is 5.85. The first-order chi connectivity index (χ1) is 7.68. The molecule has 0 saturated heterocycles. The number of hydrogen-bond donors (Lipinski definition) is 1. The van der Waals surface area contributed by atoms with Crippen LogP contribution in [0, 0.1) is 6.92 Å². The highest BCUT2D eigenvalue weighted by Gasteiger charge is 2.12. The molecule has 0 aliphatic carbocycles. The van der Waals surface area contributed by atoms with Crippen molar-refractivity contribution in [1.82, 2.24) is 0 Å². The summed E-state index contributed by atoms with van der Waals surface area (Å²) in [6.07, 6.45) is 0. The second kappa shape index (κ2) is 3.38. The maximum Gasteiger partial charge on any atom is 0.202 e. The van der Waals surface area contributed by atoms with Crippen LogP contribution in [0.2, 0.25) is 0 Å². The third-order valence-corrected chi connectivity index (χ3v) is 5.12. The number of aryl methyl sites for hydroxylation is 1. The molecule has 0 bridgehead atoms. The molecule has 3 aromatic rings. The molecule has 0 saturated carbocycles. The Morgan fingerprint density at radius 2 is 2.06 bits per heavy atom. The molecule has 0 radical (unpaired) electrons. The quantitative estimate of drug-likeness (QED) is 0.653. The van der Waals surface area contributed by atoms with Crippen molar-refractivity contribution in [3.63, 3.8) is 0 Å². The Bertz CT molecular complexity index is 755. The lowest BCUT2D eigenvalue weighted by Crippen LogP contribution is -2.41. The van der Waals surface area contributed by atoms with E-state index in [2.05, 4.69) is 5.73 Å². The lowest BCUT2D eigenvalue weighted by Gasteiger charge is -2.01. The summed E-state index contributed by atoms with van der Waals surface area (Å²) < 4.78 is 2.18. The van der Waals surface area contributed by atoms with Gasteiger partial charge in [-0.1, -0.05) is 6.07 Å². The lowest BCUT2D eigenvalue weighted by atomic mass is 10.1. The minimum absolute atomic E-state index is 0.124. The number of rotatable bonds is 0. The van der Waals surface area contributed by atoms with Gasteiger partial charge in [-0.25, -0.2) is 0 Å². The number of thiophene rings is 1. The zero-order chi connectivity index (χ0) is 11.3. The van der Waals surface area contributed by atoms with E-state index in [1.165, 1.54) is 0 Å². The van der Waals surface area contributed by atoms with Crippen molar-refractivity contribution in [2.24, 2.45) is 0 Å². The van der Waals surface area contributed by atoms with Crippen LogP contribution in [-0.4, -0.2) is 0 Å². The topological polar surface area (TPSA) is 44.7 Å². The molecule has 4 heteroatoms. The van der Waals surface area contributed by atoms with E-state index < -0.39 is 0 Å². The van der Waals surface area contributed by atoms with Crippen molar-refractivity contribution in [3.05, 3.63) is 39.4 Å². The Morgan fingerprint density at radius 3 is 2.88 bits per heavy atom. The maximum absolute atomic E-state index is 12.3. The van der Waals surface area contributed by atoms with E-state index in [4.69, 9.17) is 0 Å². The zero-order valence-corrected chi connectivity index (χ0v) is 10.4. The monoisotopic (exact) mass is 248 g/mol. The first kappa shape index (κ1) is 9.96. The zero-order valence-electron chi connectivity index (χ0n) is 8.74. The van der Waals surface area contributed by atoms with Crippen LogP contribution in [0.15, 0.2) is 28.4 Å². The van der Waals surface area contributed by atoms with Crippen molar-refractivity contribution in [1.29, 1.82) is 0 Å². The van der Waals surface area contributed by atoms with Gasteiger partial charge in [0.25, 0.3) is 0 Å². The standard InChI is InChI=1S/C12H9NOS2/c1-6-2-3-8(13)9-10(14)7-4-5-15-12(7)16-11(6)9/h2-5H,13H2,1H3/p+1. The SMILES string of the molecule is Cc1ccc([NH3+])c2c(=O)c3ccsc3sc12. The van der Waals surface area contributed by atoms with Crippen LogP contribution in [0.3, 0.4) is 0 Å². The summed E-state index contributed by atoms with van der Waals surface area (Å²) in [4.78, 5) is 12.3. The Morgan fingerprint density at radius 1 is 1.25 bits per heavy atom. The average molecular weight is 248 g/mol. The molecule has 0 fully saturated rings. The molecular weight excluding hydrogens is 238 g/mol. The molecule has 0 amide bonds. The first-order valence-corrected chi connectivity index (χ1v) is 6.63. The van der Waals surface area contributed by atoms with Crippen molar-refractivity contribution in [2.75, 3.05) is 0 Å². The van der Waals surface area contributed by atoms with Gasteiger partial charge in [-0.15, -0.1) is 22.7 Å². The minimum Gasteiger partial charge on any atom is -0.325 e. The van der Waals surface area contributed by atoms with Crippen molar-refractivity contribution in [3.8, 4) is 0 Å². The highest BCUT2D eigenvalue weighted by molar-refractivity contribution is 7.40. The predicted molar refractivity (Wildman–Crippen MR) is 70.8 cm³/mol. The summed E-state index contributed by atoms with van der Waals surface area (Å²) in [7, 11) is 0. The Balaban J connectivity index is 2.72. The van der Waals surface area contributed by atoms with Crippen molar-refractivity contribution in [2.45, 2.75) is 6.92 Å². The number of hydrogen-bond acceptors (Lipinski definition) is 3. The summed E-state index contributed by atoms with van der Waals surface area (Å²) in [5, 5.41) is 3.59. The molecule has 2 aromatic heterocycles. The largest absolute Gasteiger partial charge is 0.325 e. The van der Waals surface area contributed by atoms with E-state index in [1.807, 2.05) is 30.5 Å². The fraction of sp³-hybridized carbons (Fsp3) is 0.0833. The van der Waals surface area contributed by atoms with Gasteiger partial charge >= 0.3 is 0 Å². The molecule has 3 rings (SSSR count). The van der Waals surface area contributed by atoms with Gasteiger partial charge < -0.3 is 5.73 Å². The molecule has 16 heavy (non-hydrogen) atoms. The fourth-order valence-electron chi connectivity index (χ4n) is 1.88.